The maximum atomic E-state index is 11.6. The second-order valence-corrected chi connectivity index (χ2v) is 4.00. The zero-order valence-electron chi connectivity index (χ0n) is 11.9. The van der Waals surface area contributed by atoms with Gasteiger partial charge in [-0.15, -0.1) is 0 Å². The highest BCUT2D eigenvalue weighted by Crippen LogP contribution is 2.01. The summed E-state index contributed by atoms with van der Waals surface area (Å²) in [5, 5.41) is 0. The second-order valence-electron chi connectivity index (χ2n) is 4.00. The quantitative estimate of drug-likeness (QED) is 0.296. The fourth-order valence-electron chi connectivity index (χ4n) is 1.46. The first kappa shape index (κ1) is 16.8. The Balaban J connectivity index is 2.14. The van der Waals surface area contributed by atoms with Crippen molar-refractivity contribution in [2.75, 3.05) is 26.4 Å². The van der Waals surface area contributed by atoms with Gasteiger partial charge in [0, 0.05) is 5.56 Å². The van der Waals surface area contributed by atoms with Crippen LogP contribution in [0.25, 0.3) is 0 Å². The normalized spacial score (nSPS) is 9.95. The minimum absolute atomic E-state index is 0.0414. The predicted molar refractivity (Wildman–Crippen MR) is 73.8 cm³/mol. The molecule has 1 rings (SSSR count). The minimum Gasteiger partial charge on any atom is -0.466 e. The Bertz CT molecular complexity index is 468. The summed E-state index contributed by atoms with van der Waals surface area (Å²) in [7, 11) is 0. The van der Waals surface area contributed by atoms with E-state index >= 15 is 0 Å². The van der Waals surface area contributed by atoms with E-state index in [1.165, 1.54) is 0 Å². The van der Waals surface area contributed by atoms with Crippen molar-refractivity contribution >= 4 is 17.7 Å². The number of carbonyl (C=O) groups excluding carboxylic acids is 3. The Kier molecular flexibility index (Phi) is 7.74. The molecule has 0 spiro atoms. The SMILES string of the molecule is CCOC(=O)CCOCCOC(=O)C(=O)c1ccccc1. The van der Waals surface area contributed by atoms with Crippen LogP contribution in [-0.2, 0) is 23.8 Å². The number of ketones is 1. The summed E-state index contributed by atoms with van der Waals surface area (Å²) < 4.78 is 14.6. The standard InChI is InChI=1S/C15H18O6/c1-2-20-13(16)8-9-19-10-11-21-15(18)14(17)12-6-4-3-5-7-12/h3-7H,2,8-11H2,1H3. The van der Waals surface area contributed by atoms with Crippen molar-refractivity contribution in [2.45, 2.75) is 13.3 Å². The van der Waals surface area contributed by atoms with Gasteiger partial charge < -0.3 is 14.2 Å². The molecule has 0 unspecified atom stereocenters. The number of rotatable bonds is 9. The van der Waals surface area contributed by atoms with E-state index in [1.54, 1.807) is 37.3 Å². The van der Waals surface area contributed by atoms with Gasteiger partial charge in [0.15, 0.2) is 0 Å². The number of hydrogen-bond acceptors (Lipinski definition) is 6. The van der Waals surface area contributed by atoms with Gasteiger partial charge in [-0.05, 0) is 6.92 Å². The summed E-state index contributed by atoms with van der Waals surface area (Å²) in [6.07, 6.45) is 0.144. The highest BCUT2D eigenvalue weighted by atomic mass is 16.6. The van der Waals surface area contributed by atoms with E-state index in [1.807, 2.05) is 0 Å². The van der Waals surface area contributed by atoms with Gasteiger partial charge >= 0.3 is 11.9 Å². The molecule has 114 valence electrons. The van der Waals surface area contributed by atoms with Crippen LogP contribution in [0, 0.1) is 0 Å². The summed E-state index contributed by atoms with van der Waals surface area (Å²) in [5.74, 6) is -1.95. The van der Waals surface area contributed by atoms with E-state index in [-0.39, 0.29) is 37.8 Å². The van der Waals surface area contributed by atoms with Crippen LogP contribution < -0.4 is 0 Å². The third kappa shape index (κ3) is 6.67. The van der Waals surface area contributed by atoms with Crippen molar-refractivity contribution in [3.05, 3.63) is 35.9 Å². The molecule has 0 fully saturated rings. The van der Waals surface area contributed by atoms with E-state index in [2.05, 4.69) is 0 Å². The molecule has 0 aliphatic heterocycles. The number of esters is 2. The highest BCUT2D eigenvalue weighted by molar-refractivity contribution is 6.40. The third-order valence-corrected chi connectivity index (χ3v) is 2.44. The molecule has 0 saturated heterocycles. The monoisotopic (exact) mass is 294 g/mol. The number of hydrogen-bond donors (Lipinski definition) is 0. The number of Topliss-reactive ketones (excluding diaryl/α,β-unsaturated/α-hetero) is 1. The van der Waals surface area contributed by atoms with Gasteiger partial charge in [0.25, 0.3) is 5.78 Å². The Morgan fingerprint density at radius 1 is 0.952 bits per heavy atom. The van der Waals surface area contributed by atoms with E-state index in [9.17, 15) is 14.4 Å². The molecule has 0 heterocycles. The Morgan fingerprint density at radius 3 is 2.33 bits per heavy atom. The van der Waals surface area contributed by atoms with Crippen LogP contribution in [0.3, 0.4) is 0 Å². The lowest BCUT2D eigenvalue weighted by Gasteiger charge is -2.05. The van der Waals surface area contributed by atoms with E-state index < -0.39 is 11.8 Å². The molecule has 0 aromatic heterocycles. The highest BCUT2D eigenvalue weighted by Gasteiger charge is 2.17. The van der Waals surface area contributed by atoms with Crippen LogP contribution in [0.4, 0.5) is 0 Å². The van der Waals surface area contributed by atoms with Crippen LogP contribution in [-0.4, -0.2) is 44.1 Å². The van der Waals surface area contributed by atoms with Crippen LogP contribution in [0.5, 0.6) is 0 Å². The Labute approximate surface area is 123 Å². The van der Waals surface area contributed by atoms with E-state index in [0.29, 0.717) is 6.61 Å². The van der Waals surface area contributed by atoms with Gasteiger partial charge in [-0.25, -0.2) is 4.79 Å². The number of benzene rings is 1. The molecule has 0 saturated carbocycles. The summed E-state index contributed by atoms with van der Waals surface area (Å²) in [6, 6.07) is 8.16. The molecular formula is C15H18O6. The first-order chi connectivity index (χ1) is 10.1. The summed E-state index contributed by atoms with van der Waals surface area (Å²) >= 11 is 0. The largest absolute Gasteiger partial charge is 0.466 e. The van der Waals surface area contributed by atoms with Crippen molar-refractivity contribution in [3.63, 3.8) is 0 Å². The third-order valence-electron chi connectivity index (χ3n) is 2.44. The summed E-state index contributed by atoms with van der Waals surface area (Å²) in [5.41, 5.74) is 0.283. The van der Waals surface area contributed by atoms with Gasteiger partial charge in [-0.3, -0.25) is 9.59 Å². The Morgan fingerprint density at radius 2 is 1.67 bits per heavy atom. The molecule has 6 heteroatoms. The predicted octanol–water partition coefficient (Wildman–Crippen LogP) is 1.38. The molecule has 0 atom stereocenters. The lowest BCUT2D eigenvalue weighted by atomic mass is 10.1. The summed E-state index contributed by atoms with van der Waals surface area (Å²) in [4.78, 5) is 34.1. The maximum Gasteiger partial charge on any atom is 0.379 e. The van der Waals surface area contributed by atoms with Gasteiger partial charge in [0.05, 0.1) is 26.2 Å². The lowest BCUT2D eigenvalue weighted by Crippen LogP contribution is -2.20. The van der Waals surface area contributed by atoms with E-state index in [0.717, 1.165) is 0 Å². The van der Waals surface area contributed by atoms with Crippen molar-refractivity contribution < 1.29 is 28.6 Å². The first-order valence-corrected chi connectivity index (χ1v) is 6.65. The molecule has 0 radical (unpaired) electrons. The Hall–Kier alpha value is -2.21. The van der Waals surface area contributed by atoms with Crippen molar-refractivity contribution in [2.24, 2.45) is 0 Å². The molecule has 21 heavy (non-hydrogen) atoms. The molecule has 0 amide bonds. The summed E-state index contributed by atoms with van der Waals surface area (Å²) in [6.45, 7) is 2.32. The van der Waals surface area contributed by atoms with Crippen LogP contribution >= 0.6 is 0 Å². The topological polar surface area (TPSA) is 78.9 Å². The maximum absolute atomic E-state index is 11.6. The zero-order valence-corrected chi connectivity index (χ0v) is 11.9. The van der Waals surface area contributed by atoms with Crippen LogP contribution in [0.15, 0.2) is 30.3 Å². The second kappa shape index (κ2) is 9.66. The van der Waals surface area contributed by atoms with Gasteiger partial charge in [-0.2, -0.15) is 0 Å². The average molecular weight is 294 g/mol. The van der Waals surface area contributed by atoms with Gasteiger partial charge in [0.2, 0.25) is 0 Å². The lowest BCUT2D eigenvalue weighted by molar-refractivity contribution is -0.145. The van der Waals surface area contributed by atoms with E-state index in [4.69, 9.17) is 14.2 Å². The van der Waals surface area contributed by atoms with Gasteiger partial charge in [-0.1, -0.05) is 30.3 Å². The number of carbonyl (C=O) groups is 3. The van der Waals surface area contributed by atoms with Crippen molar-refractivity contribution in [1.82, 2.24) is 0 Å². The average Bonchev–Trinajstić information content (AvgIpc) is 2.51. The molecule has 0 bridgehead atoms. The van der Waals surface area contributed by atoms with Crippen LogP contribution in [0.1, 0.15) is 23.7 Å². The van der Waals surface area contributed by atoms with Crippen LogP contribution in [0.2, 0.25) is 0 Å². The fourth-order valence-corrected chi connectivity index (χ4v) is 1.46. The smallest absolute Gasteiger partial charge is 0.379 e. The molecule has 0 aliphatic rings. The van der Waals surface area contributed by atoms with Gasteiger partial charge in [0.1, 0.15) is 6.61 Å². The van der Waals surface area contributed by atoms with Crippen molar-refractivity contribution in [1.29, 1.82) is 0 Å². The molecule has 0 aliphatic carbocycles. The molecular weight excluding hydrogens is 276 g/mol. The fraction of sp³-hybridized carbons (Fsp3) is 0.400. The molecule has 1 aromatic carbocycles. The minimum atomic E-state index is -0.921. The number of ether oxygens (including phenoxy) is 3. The molecule has 6 nitrogen and oxygen atoms in total. The van der Waals surface area contributed by atoms with Crippen molar-refractivity contribution in [3.8, 4) is 0 Å². The molecule has 1 aromatic rings. The zero-order chi connectivity index (χ0) is 15.5. The first-order valence-electron chi connectivity index (χ1n) is 6.65. The molecule has 0 N–H and O–H groups in total.